The van der Waals surface area contributed by atoms with Crippen LogP contribution in [0.1, 0.15) is 4.88 Å². The highest BCUT2D eigenvalue weighted by Gasteiger charge is 2.11. The first-order valence-electron chi connectivity index (χ1n) is 4.55. The van der Waals surface area contributed by atoms with Crippen LogP contribution in [-0.4, -0.2) is 0 Å². The number of hydrogen-bond acceptors (Lipinski definition) is 3. The van der Waals surface area contributed by atoms with E-state index in [0.29, 0.717) is 0 Å². The molecule has 0 unspecified atom stereocenters. The molecule has 4 heteroatoms. The molecule has 0 aliphatic carbocycles. The second-order valence-corrected chi connectivity index (χ2v) is 6.12. The van der Waals surface area contributed by atoms with Gasteiger partial charge in [0.15, 0.2) is 0 Å². The van der Waals surface area contributed by atoms with Gasteiger partial charge in [0.25, 0.3) is 0 Å². The number of fused-ring (bicyclic) bond motifs is 1. The summed E-state index contributed by atoms with van der Waals surface area (Å²) in [6.45, 7) is 3.91. The molecule has 0 nitrogen and oxygen atoms in total. The van der Waals surface area contributed by atoms with E-state index in [2.05, 4.69) is 59.4 Å². The van der Waals surface area contributed by atoms with Gasteiger partial charge in [-0.2, -0.15) is 0 Å². The normalized spacial score (nSPS) is 11.4. The molecule has 0 aliphatic rings. The topological polar surface area (TPSA) is 0 Å². The fourth-order valence-corrected chi connectivity index (χ4v) is 4.09. The molecule has 1 heterocycles. The summed E-state index contributed by atoms with van der Waals surface area (Å²) in [7, 11) is 0. The number of hydrogen-bond donors (Lipinski definition) is 1. The summed E-state index contributed by atoms with van der Waals surface area (Å²) >= 11 is 11.1. The van der Waals surface area contributed by atoms with Gasteiger partial charge in [0.1, 0.15) is 0 Å². The third-order valence-electron chi connectivity index (χ3n) is 2.05. The number of thiol groups is 1. The van der Waals surface area contributed by atoms with Crippen molar-refractivity contribution in [3.63, 3.8) is 0 Å². The van der Waals surface area contributed by atoms with Gasteiger partial charge in [0.05, 0.1) is 4.88 Å². The molecule has 0 atom stereocenters. The van der Waals surface area contributed by atoms with Crippen molar-refractivity contribution < 1.29 is 0 Å². The van der Waals surface area contributed by atoms with E-state index in [1.807, 2.05) is 10.4 Å². The molecule has 2 aromatic rings. The lowest BCUT2D eigenvalue weighted by Gasteiger charge is -1.99. The molecular weight excluding hydrogens is 320 g/mol. The van der Waals surface area contributed by atoms with Gasteiger partial charge >= 0.3 is 0 Å². The molecule has 82 valence electrons. The zero-order valence-electron chi connectivity index (χ0n) is 8.31. The van der Waals surface area contributed by atoms with Crippen LogP contribution in [0.5, 0.6) is 0 Å². The van der Waals surface area contributed by atoms with Gasteiger partial charge in [0.2, 0.25) is 0 Å². The van der Waals surface area contributed by atoms with Crippen molar-refractivity contribution in [2.45, 2.75) is 4.90 Å². The molecule has 2 rings (SSSR count). The third-order valence-corrected chi connectivity index (χ3v) is 5.33. The van der Waals surface area contributed by atoms with Gasteiger partial charge < -0.3 is 0 Å². The number of benzene rings is 1. The van der Waals surface area contributed by atoms with E-state index in [0.717, 1.165) is 9.78 Å². The Morgan fingerprint density at radius 1 is 1.44 bits per heavy atom. The first kappa shape index (κ1) is 12.3. The lowest BCUT2D eigenvalue weighted by atomic mass is 10.2. The molecule has 1 aromatic heterocycles. The Balaban J connectivity index is 2.64. The van der Waals surface area contributed by atoms with Gasteiger partial charge in [-0.3, -0.25) is 0 Å². The minimum atomic E-state index is 0.826. The molecule has 16 heavy (non-hydrogen) atoms. The largest absolute Gasteiger partial charge is 0.143 e. The Hall–Kier alpha value is -0.160. The lowest BCUT2D eigenvalue weighted by Crippen LogP contribution is -1.71. The number of halogens is 1. The van der Waals surface area contributed by atoms with Crippen molar-refractivity contribution in [1.29, 1.82) is 0 Å². The highest BCUT2D eigenvalue weighted by molar-refractivity contribution is 9.11. The summed E-state index contributed by atoms with van der Waals surface area (Å²) in [4.78, 5) is 5.07. The molecule has 0 spiro atoms. The highest BCUT2D eigenvalue weighted by atomic mass is 79.9. The van der Waals surface area contributed by atoms with E-state index in [1.54, 1.807) is 23.1 Å². The minimum Gasteiger partial charge on any atom is -0.143 e. The summed E-state index contributed by atoms with van der Waals surface area (Å²) in [6.07, 6.45) is 0. The van der Waals surface area contributed by atoms with Crippen molar-refractivity contribution in [3.05, 3.63) is 46.1 Å². The van der Waals surface area contributed by atoms with Crippen LogP contribution in [0.15, 0.2) is 46.1 Å². The number of thiophene rings is 1. The van der Waals surface area contributed by atoms with Crippen LogP contribution < -0.4 is 0 Å². The van der Waals surface area contributed by atoms with Crippen LogP contribution in [0.3, 0.4) is 0 Å². The van der Waals surface area contributed by atoms with Crippen LogP contribution in [0.2, 0.25) is 0 Å². The molecule has 1 aromatic carbocycles. The molecule has 0 fully saturated rings. The predicted molar refractivity (Wildman–Crippen MR) is 83.8 cm³/mol. The van der Waals surface area contributed by atoms with Crippen molar-refractivity contribution in [1.82, 2.24) is 0 Å². The Labute approximate surface area is 117 Å². The average molecular weight is 329 g/mol. The quantitative estimate of drug-likeness (QED) is 0.552. The Bertz CT molecular complexity index is 554. The predicted octanol–water partition coefficient (Wildman–Crippen LogP) is 5.76. The van der Waals surface area contributed by atoms with Gasteiger partial charge in [-0.25, -0.2) is 0 Å². The summed E-state index contributed by atoms with van der Waals surface area (Å²) in [5, 5.41) is 3.28. The monoisotopic (exact) mass is 328 g/mol. The fraction of sp³-hybridized carbons (Fsp3) is 0. The van der Waals surface area contributed by atoms with Crippen molar-refractivity contribution >= 4 is 66.6 Å². The van der Waals surface area contributed by atoms with E-state index in [4.69, 9.17) is 0 Å². The number of thioether (sulfide) groups is 1. The van der Waals surface area contributed by atoms with Crippen LogP contribution in [0.4, 0.5) is 0 Å². The van der Waals surface area contributed by atoms with E-state index < -0.39 is 0 Å². The molecule has 0 saturated heterocycles. The maximum atomic E-state index is 4.36. The first-order valence-corrected chi connectivity index (χ1v) is 7.61. The molecule has 0 N–H and O–H groups in total. The van der Waals surface area contributed by atoms with E-state index >= 15 is 0 Å². The average Bonchev–Trinajstić information content (AvgIpc) is 2.65. The standard InChI is InChI=1S/C12H9BrS3/c1-8(14)11-12(15-7-6-13)9-4-2-3-5-10(9)16-11/h2-7,14H,1H2/b7-6+. The van der Waals surface area contributed by atoms with E-state index in [1.165, 1.54) is 15.0 Å². The summed E-state index contributed by atoms with van der Waals surface area (Å²) in [5.74, 6) is 0. The summed E-state index contributed by atoms with van der Waals surface area (Å²) < 4.78 is 1.28. The zero-order valence-corrected chi connectivity index (χ0v) is 12.4. The van der Waals surface area contributed by atoms with Crippen LogP contribution in [0.25, 0.3) is 15.0 Å². The summed E-state index contributed by atoms with van der Waals surface area (Å²) in [6, 6.07) is 8.37. The van der Waals surface area contributed by atoms with Gasteiger partial charge in [-0.15, -0.1) is 24.0 Å². The van der Waals surface area contributed by atoms with E-state index in [-0.39, 0.29) is 0 Å². The van der Waals surface area contributed by atoms with Crippen LogP contribution in [-0.2, 0) is 0 Å². The molecule has 0 saturated carbocycles. The smallest absolute Gasteiger partial charge is 0.0549 e. The molecule has 0 amide bonds. The van der Waals surface area contributed by atoms with Crippen LogP contribution in [0, 0.1) is 0 Å². The lowest BCUT2D eigenvalue weighted by molar-refractivity contribution is 1.62. The maximum absolute atomic E-state index is 4.36. The van der Waals surface area contributed by atoms with Crippen molar-refractivity contribution in [3.8, 4) is 0 Å². The Morgan fingerprint density at radius 3 is 2.88 bits per heavy atom. The van der Waals surface area contributed by atoms with Crippen molar-refractivity contribution in [2.75, 3.05) is 0 Å². The van der Waals surface area contributed by atoms with Crippen LogP contribution >= 0.6 is 51.7 Å². The highest BCUT2D eigenvalue weighted by Crippen LogP contribution is 2.42. The molecular formula is C12H9BrS3. The molecule has 0 bridgehead atoms. The van der Waals surface area contributed by atoms with Gasteiger partial charge in [-0.1, -0.05) is 52.5 Å². The first-order chi connectivity index (χ1) is 7.74. The summed E-state index contributed by atoms with van der Waals surface area (Å²) in [5.41, 5.74) is 0. The SMILES string of the molecule is C=C(S)c1sc2ccccc2c1S/C=C/Br. The van der Waals surface area contributed by atoms with Crippen molar-refractivity contribution in [2.24, 2.45) is 0 Å². The van der Waals surface area contributed by atoms with Gasteiger partial charge in [-0.05, 0) is 16.5 Å². The van der Waals surface area contributed by atoms with Gasteiger partial charge in [0, 0.05) is 19.9 Å². The molecule has 0 radical (unpaired) electrons. The maximum Gasteiger partial charge on any atom is 0.0549 e. The Kier molecular flexibility index (Phi) is 4.19. The second kappa shape index (κ2) is 5.45. The zero-order chi connectivity index (χ0) is 11.5. The third kappa shape index (κ3) is 2.40. The second-order valence-electron chi connectivity index (χ2n) is 3.08. The molecule has 0 aliphatic heterocycles. The Morgan fingerprint density at radius 2 is 2.19 bits per heavy atom. The van der Waals surface area contributed by atoms with E-state index in [9.17, 15) is 0 Å². The minimum absolute atomic E-state index is 0.826. The fourth-order valence-electron chi connectivity index (χ4n) is 1.42. The number of rotatable bonds is 3.